The van der Waals surface area contributed by atoms with Gasteiger partial charge in [0.15, 0.2) is 0 Å². The highest BCUT2D eigenvalue weighted by molar-refractivity contribution is 6.14. The number of nitriles is 1. The predicted octanol–water partition coefficient (Wildman–Crippen LogP) is 2.22. The number of rotatable bonds is 4. The van der Waals surface area contributed by atoms with E-state index in [0.29, 0.717) is 5.56 Å². The van der Waals surface area contributed by atoms with Crippen molar-refractivity contribution < 1.29 is 9.59 Å². The van der Waals surface area contributed by atoms with E-state index in [1.807, 2.05) is 19.1 Å². The molecule has 5 nitrogen and oxygen atoms in total. The Balaban J connectivity index is 2.43. The Morgan fingerprint density at radius 2 is 2.05 bits per heavy atom. The molecule has 0 unspecified atom stereocenters. The summed E-state index contributed by atoms with van der Waals surface area (Å²) < 4.78 is 0. The van der Waals surface area contributed by atoms with E-state index >= 15 is 0 Å². The van der Waals surface area contributed by atoms with Crippen LogP contribution in [0, 0.1) is 18.3 Å². The molecule has 1 amide bonds. The Morgan fingerprint density at radius 3 is 2.73 bits per heavy atom. The lowest BCUT2D eigenvalue weighted by atomic mass is 10.0. The number of carbonyl (C=O) groups is 2. The van der Waals surface area contributed by atoms with Crippen LogP contribution in [-0.4, -0.2) is 35.2 Å². The first kappa shape index (κ1) is 15.4. The maximum absolute atomic E-state index is 12.6. The van der Waals surface area contributed by atoms with Gasteiger partial charge in [0.05, 0.1) is 11.6 Å². The Hall–Kier alpha value is -3.00. The number of ketones is 1. The molecule has 0 fully saturated rings. The number of hydrogen-bond acceptors (Lipinski definition) is 4. The van der Waals surface area contributed by atoms with E-state index in [2.05, 4.69) is 4.98 Å². The minimum Gasteiger partial charge on any atom is -0.328 e. The quantitative estimate of drug-likeness (QED) is 0.640. The highest BCUT2D eigenvalue weighted by Crippen LogP contribution is 2.15. The Bertz CT molecular complexity index is 762. The maximum Gasteiger partial charge on any atom is 0.256 e. The zero-order valence-corrected chi connectivity index (χ0v) is 12.4. The molecule has 0 saturated heterocycles. The third-order valence-electron chi connectivity index (χ3n) is 3.19. The molecule has 0 aliphatic heterocycles. The van der Waals surface area contributed by atoms with E-state index in [9.17, 15) is 9.59 Å². The summed E-state index contributed by atoms with van der Waals surface area (Å²) in [7, 11) is 1.51. The molecule has 0 aliphatic rings. The summed E-state index contributed by atoms with van der Waals surface area (Å²) in [5.74, 6) is -0.705. The molecule has 0 aliphatic carbocycles. The molecule has 1 aromatic heterocycles. The third-order valence-corrected chi connectivity index (χ3v) is 3.19. The van der Waals surface area contributed by atoms with Crippen molar-refractivity contribution in [2.45, 2.75) is 6.92 Å². The first-order valence-corrected chi connectivity index (χ1v) is 6.73. The van der Waals surface area contributed by atoms with Crippen molar-refractivity contribution in [2.75, 3.05) is 13.6 Å². The highest BCUT2D eigenvalue weighted by Gasteiger charge is 2.21. The smallest absolute Gasteiger partial charge is 0.256 e. The first-order chi connectivity index (χ1) is 10.5. The molecular weight excluding hydrogens is 278 g/mol. The largest absolute Gasteiger partial charge is 0.328 e. The van der Waals surface area contributed by atoms with Crippen molar-refractivity contribution in [1.82, 2.24) is 9.88 Å². The van der Waals surface area contributed by atoms with Gasteiger partial charge in [-0.25, -0.2) is 0 Å². The average Bonchev–Trinajstić information content (AvgIpc) is 2.53. The highest BCUT2D eigenvalue weighted by atomic mass is 16.2. The van der Waals surface area contributed by atoms with Gasteiger partial charge in [-0.15, -0.1) is 0 Å². The van der Waals surface area contributed by atoms with Crippen LogP contribution in [0.15, 0.2) is 42.6 Å². The zero-order chi connectivity index (χ0) is 16.1. The standard InChI is InChI=1S/C17H15N3O2/c1-12-5-3-6-13(11-12)16(21)15-14(7-4-9-19-15)17(22)20(2)10-8-18/h3-7,9,11H,10H2,1-2H3. The van der Waals surface area contributed by atoms with Crippen molar-refractivity contribution in [3.8, 4) is 6.07 Å². The lowest BCUT2D eigenvalue weighted by molar-refractivity contribution is 0.0806. The second-order valence-electron chi connectivity index (χ2n) is 4.92. The zero-order valence-electron chi connectivity index (χ0n) is 12.4. The van der Waals surface area contributed by atoms with Crippen LogP contribution in [0.5, 0.6) is 0 Å². The van der Waals surface area contributed by atoms with Crippen molar-refractivity contribution in [1.29, 1.82) is 5.26 Å². The molecule has 2 aromatic rings. The predicted molar refractivity (Wildman–Crippen MR) is 81.4 cm³/mol. The minimum atomic E-state index is -0.398. The fraction of sp³-hybridized carbons (Fsp3) is 0.176. The normalized spacial score (nSPS) is 9.86. The van der Waals surface area contributed by atoms with Gasteiger partial charge in [-0.2, -0.15) is 5.26 Å². The summed E-state index contributed by atoms with van der Waals surface area (Å²) in [4.78, 5) is 30.3. The first-order valence-electron chi connectivity index (χ1n) is 6.73. The molecule has 0 spiro atoms. The van der Waals surface area contributed by atoms with Crippen molar-refractivity contribution >= 4 is 11.7 Å². The van der Waals surface area contributed by atoms with Crippen LogP contribution in [0.1, 0.15) is 32.0 Å². The third kappa shape index (κ3) is 3.18. The molecule has 22 heavy (non-hydrogen) atoms. The molecule has 1 aromatic carbocycles. The van der Waals surface area contributed by atoms with Crippen LogP contribution in [-0.2, 0) is 0 Å². The second kappa shape index (κ2) is 6.64. The summed E-state index contributed by atoms with van der Waals surface area (Å²) in [5.41, 5.74) is 1.74. The Morgan fingerprint density at radius 1 is 1.27 bits per heavy atom. The molecule has 110 valence electrons. The average molecular weight is 293 g/mol. The number of hydrogen-bond donors (Lipinski definition) is 0. The molecule has 5 heteroatoms. The SMILES string of the molecule is Cc1cccc(C(=O)c2ncccc2C(=O)N(C)CC#N)c1. The van der Waals surface area contributed by atoms with Gasteiger partial charge in [-0.05, 0) is 25.1 Å². The molecule has 0 bridgehead atoms. The fourth-order valence-electron chi connectivity index (χ4n) is 2.07. The van der Waals surface area contributed by atoms with Gasteiger partial charge in [-0.1, -0.05) is 23.8 Å². The van der Waals surface area contributed by atoms with Crippen molar-refractivity contribution in [3.05, 3.63) is 65.0 Å². The van der Waals surface area contributed by atoms with Gasteiger partial charge in [-0.3, -0.25) is 14.6 Å². The van der Waals surface area contributed by atoms with Crippen LogP contribution in [0.25, 0.3) is 0 Å². The number of benzene rings is 1. The van der Waals surface area contributed by atoms with E-state index in [1.54, 1.807) is 30.3 Å². The number of nitrogens with zero attached hydrogens (tertiary/aromatic N) is 3. The van der Waals surface area contributed by atoms with Gasteiger partial charge >= 0.3 is 0 Å². The molecule has 2 rings (SSSR count). The molecular formula is C17H15N3O2. The fourth-order valence-corrected chi connectivity index (χ4v) is 2.07. The molecule has 0 N–H and O–H groups in total. The maximum atomic E-state index is 12.6. The van der Waals surface area contributed by atoms with Gasteiger partial charge in [0.2, 0.25) is 5.78 Å². The monoisotopic (exact) mass is 293 g/mol. The number of carbonyl (C=O) groups excluding carboxylic acids is 2. The summed E-state index contributed by atoms with van der Waals surface area (Å²) in [6.07, 6.45) is 1.48. The number of aromatic nitrogens is 1. The summed E-state index contributed by atoms with van der Waals surface area (Å²) >= 11 is 0. The Kier molecular flexibility index (Phi) is 4.64. The van der Waals surface area contributed by atoms with Crippen molar-refractivity contribution in [2.24, 2.45) is 0 Å². The minimum absolute atomic E-state index is 0.0498. The van der Waals surface area contributed by atoms with Crippen LogP contribution in [0.4, 0.5) is 0 Å². The second-order valence-corrected chi connectivity index (χ2v) is 4.92. The number of aryl methyl sites for hydroxylation is 1. The van der Waals surface area contributed by atoms with E-state index < -0.39 is 5.91 Å². The van der Waals surface area contributed by atoms with Crippen molar-refractivity contribution in [3.63, 3.8) is 0 Å². The molecule has 0 saturated carbocycles. The van der Waals surface area contributed by atoms with E-state index in [-0.39, 0.29) is 23.6 Å². The summed E-state index contributed by atoms with van der Waals surface area (Å²) in [6, 6.07) is 12.2. The molecule has 0 radical (unpaired) electrons. The summed E-state index contributed by atoms with van der Waals surface area (Å²) in [6.45, 7) is 1.84. The van der Waals surface area contributed by atoms with Gasteiger partial charge in [0.25, 0.3) is 5.91 Å². The number of amides is 1. The van der Waals surface area contributed by atoms with E-state index in [0.717, 1.165) is 5.56 Å². The Labute approximate surface area is 128 Å². The van der Waals surface area contributed by atoms with Gasteiger partial charge in [0.1, 0.15) is 12.2 Å². The topological polar surface area (TPSA) is 74.1 Å². The summed E-state index contributed by atoms with van der Waals surface area (Å²) in [5, 5.41) is 8.69. The number of pyridine rings is 1. The molecule has 1 heterocycles. The van der Waals surface area contributed by atoms with Crippen LogP contribution in [0.2, 0.25) is 0 Å². The van der Waals surface area contributed by atoms with Crippen LogP contribution in [0.3, 0.4) is 0 Å². The van der Waals surface area contributed by atoms with Crippen LogP contribution >= 0.6 is 0 Å². The van der Waals surface area contributed by atoms with Gasteiger partial charge < -0.3 is 4.90 Å². The van der Waals surface area contributed by atoms with Crippen LogP contribution < -0.4 is 0 Å². The lowest BCUT2D eigenvalue weighted by Gasteiger charge is -2.14. The van der Waals surface area contributed by atoms with Gasteiger partial charge in [0, 0.05) is 18.8 Å². The van der Waals surface area contributed by atoms with E-state index in [4.69, 9.17) is 5.26 Å². The molecule has 0 atom stereocenters. The lowest BCUT2D eigenvalue weighted by Crippen LogP contribution is -2.29. The van der Waals surface area contributed by atoms with E-state index in [1.165, 1.54) is 18.1 Å².